The van der Waals surface area contributed by atoms with Crippen LogP contribution in [-0.2, 0) is 24.1 Å². The molecule has 0 radical (unpaired) electrons. The Bertz CT molecular complexity index is 1220. The van der Waals surface area contributed by atoms with Crippen molar-refractivity contribution in [3.05, 3.63) is 77.9 Å². The molecule has 4 aromatic rings. The minimum atomic E-state index is -0.192. The fraction of sp³-hybridized carbons (Fsp3) is 0.208. The summed E-state index contributed by atoms with van der Waals surface area (Å²) in [5.74, 6) is 0.422. The smallest absolute Gasteiger partial charge is 0.262 e. The van der Waals surface area contributed by atoms with E-state index in [0.717, 1.165) is 36.0 Å². The van der Waals surface area contributed by atoms with E-state index in [2.05, 4.69) is 46.7 Å². The first kappa shape index (κ1) is 18.4. The zero-order chi connectivity index (χ0) is 20.5. The second kappa shape index (κ2) is 7.63. The predicted octanol–water partition coefficient (Wildman–Crippen LogP) is 4.10. The number of nitrogens with zero attached hydrogens (tertiary/aromatic N) is 3. The van der Waals surface area contributed by atoms with Gasteiger partial charge in [-0.15, -0.1) is 10.2 Å². The number of benzene rings is 3. The number of hydrogen-bond acceptors (Lipinski definition) is 4. The van der Waals surface area contributed by atoms with Gasteiger partial charge in [-0.25, -0.2) is 0 Å². The van der Waals surface area contributed by atoms with Crippen molar-refractivity contribution in [3.8, 4) is 11.4 Å². The third kappa shape index (κ3) is 3.30. The molecule has 1 aliphatic rings. The van der Waals surface area contributed by atoms with Gasteiger partial charge < -0.3 is 10.1 Å². The number of aryl methyl sites for hydroxylation is 3. The monoisotopic (exact) mass is 398 g/mol. The van der Waals surface area contributed by atoms with Crippen LogP contribution in [0.4, 0.5) is 5.69 Å². The van der Waals surface area contributed by atoms with Gasteiger partial charge in [0.25, 0.3) is 5.91 Å². The minimum absolute atomic E-state index is 0.0798. The fourth-order valence-corrected chi connectivity index (χ4v) is 4.12. The van der Waals surface area contributed by atoms with Crippen molar-refractivity contribution in [3.63, 3.8) is 0 Å². The third-order valence-corrected chi connectivity index (χ3v) is 5.64. The average Bonchev–Trinajstić information content (AvgIpc) is 3.45. The number of hydrogen-bond donors (Lipinski definition) is 1. The molecule has 0 spiro atoms. The highest BCUT2D eigenvalue weighted by Crippen LogP contribution is 2.35. The fourth-order valence-electron chi connectivity index (χ4n) is 4.12. The molecule has 0 atom stereocenters. The molecule has 1 amide bonds. The van der Waals surface area contributed by atoms with Crippen molar-refractivity contribution in [1.82, 2.24) is 14.8 Å². The molecule has 0 bridgehead atoms. The Kier molecular flexibility index (Phi) is 4.67. The van der Waals surface area contributed by atoms with Gasteiger partial charge in [-0.1, -0.05) is 37.3 Å². The summed E-state index contributed by atoms with van der Waals surface area (Å²) in [6.45, 7) is 2.01. The summed E-state index contributed by atoms with van der Waals surface area (Å²) in [5, 5.41) is 13.1. The second-order valence-electron chi connectivity index (χ2n) is 7.47. The Hall–Kier alpha value is -3.67. The number of carbonyl (C=O) groups is 1. The van der Waals surface area contributed by atoms with Crippen molar-refractivity contribution >= 4 is 22.4 Å². The molecule has 30 heavy (non-hydrogen) atoms. The summed E-state index contributed by atoms with van der Waals surface area (Å²) < 4.78 is 7.67. The first-order valence-electron chi connectivity index (χ1n) is 10.2. The average molecular weight is 398 g/mol. The molecule has 0 aliphatic heterocycles. The summed E-state index contributed by atoms with van der Waals surface area (Å²) in [4.78, 5) is 12.7. The number of anilines is 1. The van der Waals surface area contributed by atoms with Gasteiger partial charge in [0.15, 0.2) is 6.61 Å². The van der Waals surface area contributed by atoms with E-state index in [1.165, 1.54) is 22.1 Å². The molecular weight excluding hydrogens is 376 g/mol. The number of rotatable bonds is 6. The molecule has 0 saturated heterocycles. The highest BCUT2D eigenvalue weighted by molar-refractivity contribution is 6.05. The molecular formula is C24H22N4O2. The van der Waals surface area contributed by atoms with Gasteiger partial charge in [-0.2, -0.15) is 0 Å². The normalized spacial score (nSPS) is 12.3. The van der Waals surface area contributed by atoms with Crippen LogP contribution < -0.4 is 10.1 Å². The summed E-state index contributed by atoms with van der Waals surface area (Å²) >= 11 is 0. The summed E-state index contributed by atoms with van der Waals surface area (Å²) in [6.07, 6.45) is 6.27. The van der Waals surface area contributed by atoms with E-state index < -0.39 is 0 Å². The predicted molar refractivity (Wildman–Crippen MR) is 116 cm³/mol. The zero-order valence-electron chi connectivity index (χ0n) is 16.8. The lowest BCUT2D eigenvalue weighted by atomic mass is 10.0. The van der Waals surface area contributed by atoms with Crippen LogP contribution in [0.15, 0.2) is 61.2 Å². The molecule has 0 fully saturated rings. The maximum atomic E-state index is 12.7. The quantitative estimate of drug-likeness (QED) is 0.531. The summed E-state index contributed by atoms with van der Waals surface area (Å²) in [5.41, 5.74) is 5.52. The van der Waals surface area contributed by atoms with Crippen LogP contribution in [0.25, 0.3) is 16.5 Å². The highest BCUT2D eigenvalue weighted by atomic mass is 16.5. The minimum Gasteiger partial charge on any atom is -0.482 e. The molecule has 0 unspecified atom stereocenters. The summed E-state index contributed by atoms with van der Waals surface area (Å²) in [7, 11) is 0. The number of aromatic nitrogens is 3. The molecule has 6 nitrogen and oxygen atoms in total. The Morgan fingerprint density at radius 2 is 1.87 bits per heavy atom. The molecule has 1 N–H and O–H groups in total. The number of carbonyl (C=O) groups excluding carboxylic acids is 1. The van der Waals surface area contributed by atoms with Crippen LogP contribution in [-0.4, -0.2) is 27.3 Å². The highest BCUT2D eigenvalue weighted by Gasteiger charge is 2.17. The molecule has 0 saturated carbocycles. The first-order chi connectivity index (χ1) is 14.7. The van der Waals surface area contributed by atoms with Crippen LogP contribution in [0.3, 0.4) is 0 Å². The van der Waals surface area contributed by atoms with Crippen molar-refractivity contribution in [2.75, 3.05) is 11.9 Å². The van der Waals surface area contributed by atoms with Crippen molar-refractivity contribution < 1.29 is 9.53 Å². The van der Waals surface area contributed by atoms with Crippen LogP contribution >= 0.6 is 0 Å². The number of amides is 1. The van der Waals surface area contributed by atoms with Gasteiger partial charge in [-0.05, 0) is 59.5 Å². The van der Waals surface area contributed by atoms with E-state index in [1.807, 2.05) is 24.3 Å². The Morgan fingerprint density at radius 3 is 2.67 bits per heavy atom. The van der Waals surface area contributed by atoms with Crippen LogP contribution in [0.2, 0.25) is 0 Å². The molecule has 6 heteroatoms. The van der Waals surface area contributed by atoms with E-state index >= 15 is 0 Å². The maximum absolute atomic E-state index is 12.7. The van der Waals surface area contributed by atoms with Gasteiger partial charge in [0.1, 0.15) is 18.4 Å². The van der Waals surface area contributed by atoms with E-state index in [4.69, 9.17) is 4.74 Å². The van der Waals surface area contributed by atoms with Gasteiger partial charge in [0.05, 0.1) is 5.69 Å². The molecule has 1 aromatic heterocycles. The Balaban J connectivity index is 1.35. The molecule has 1 aliphatic carbocycles. The lowest BCUT2D eigenvalue weighted by molar-refractivity contribution is -0.118. The standard InChI is InChI=1S/C24H22N4O2/c1-2-16-6-11-22(21(12-16)28-14-25-26-15-28)30-13-23(29)27-20-10-9-18-8-7-17-4-3-5-19(20)24(17)18/h3-6,9-12,14-15H,2,7-8,13H2,1H3,(H,27,29). The van der Waals surface area contributed by atoms with Crippen molar-refractivity contribution in [2.24, 2.45) is 0 Å². The topological polar surface area (TPSA) is 69.0 Å². The van der Waals surface area contributed by atoms with Crippen LogP contribution in [0.1, 0.15) is 23.6 Å². The number of nitrogens with one attached hydrogen (secondary N) is 1. The third-order valence-electron chi connectivity index (χ3n) is 5.64. The molecule has 150 valence electrons. The van der Waals surface area contributed by atoms with Crippen molar-refractivity contribution in [2.45, 2.75) is 26.2 Å². The number of ether oxygens (including phenoxy) is 1. The van der Waals surface area contributed by atoms with Gasteiger partial charge >= 0.3 is 0 Å². The van der Waals surface area contributed by atoms with Crippen LogP contribution in [0, 0.1) is 0 Å². The Morgan fingerprint density at radius 1 is 1.07 bits per heavy atom. The van der Waals surface area contributed by atoms with Gasteiger partial charge in [0.2, 0.25) is 0 Å². The largest absolute Gasteiger partial charge is 0.482 e. The maximum Gasteiger partial charge on any atom is 0.262 e. The molecule has 3 aromatic carbocycles. The second-order valence-corrected chi connectivity index (χ2v) is 7.47. The van der Waals surface area contributed by atoms with Crippen LogP contribution in [0.5, 0.6) is 5.75 Å². The van der Waals surface area contributed by atoms with E-state index in [1.54, 1.807) is 17.2 Å². The summed E-state index contributed by atoms with van der Waals surface area (Å²) in [6, 6.07) is 16.3. The van der Waals surface area contributed by atoms with Crippen molar-refractivity contribution in [1.29, 1.82) is 0 Å². The lowest BCUT2D eigenvalue weighted by Gasteiger charge is -2.14. The first-order valence-corrected chi connectivity index (χ1v) is 10.2. The SMILES string of the molecule is CCc1ccc(OCC(=O)Nc2ccc3c4c(cccc24)CC3)c(-n2cnnc2)c1. The van der Waals surface area contributed by atoms with E-state index in [0.29, 0.717) is 5.75 Å². The van der Waals surface area contributed by atoms with Gasteiger partial charge in [-0.3, -0.25) is 9.36 Å². The van der Waals surface area contributed by atoms with E-state index in [-0.39, 0.29) is 12.5 Å². The molecule has 5 rings (SSSR count). The van der Waals surface area contributed by atoms with E-state index in [9.17, 15) is 4.79 Å². The zero-order valence-corrected chi connectivity index (χ0v) is 16.8. The Labute approximate surface area is 174 Å². The molecule has 1 heterocycles. The lowest BCUT2D eigenvalue weighted by Crippen LogP contribution is -2.20. The van der Waals surface area contributed by atoms with Gasteiger partial charge in [0, 0.05) is 11.1 Å².